The van der Waals surface area contributed by atoms with Gasteiger partial charge in [-0.25, -0.2) is 14.1 Å². The number of halogens is 1. The number of aliphatic hydroxyl groups excluding tert-OH is 1. The zero-order valence-electron chi connectivity index (χ0n) is 19.5. The fourth-order valence-electron chi connectivity index (χ4n) is 3.97. The number of hydrogen-bond donors (Lipinski definition) is 1. The number of benzene rings is 1. The van der Waals surface area contributed by atoms with E-state index in [4.69, 9.17) is 0 Å². The monoisotopic (exact) mass is 470 g/mol. The molecule has 1 N–H and O–H groups in total. The highest BCUT2D eigenvalue weighted by Gasteiger charge is 2.21. The molecule has 176 valence electrons. The molecule has 0 saturated heterocycles. The molecule has 5 rings (SSSR count). The van der Waals surface area contributed by atoms with Gasteiger partial charge in [0.2, 0.25) is 0 Å². The molecule has 0 amide bonds. The van der Waals surface area contributed by atoms with Gasteiger partial charge in [-0.3, -0.25) is 9.78 Å². The Kier molecular flexibility index (Phi) is 5.49. The Hall–Kier alpha value is -4.24. The van der Waals surface area contributed by atoms with Crippen LogP contribution in [0, 0.1) is 5.82 Å². The quantitative estimate of drug-likeness (QED) is 0.427. The van der Waals surface area contributed by atoms with Gasteiger partial charge in [0.25, 0.3) is 5.56 Å². The summed E-state index contributed by atoms with van der Waals surface area (Å²) in [6.07, 6.45) is 8.05. The van der Waals surface area contributed by atoms with Crippen molar-refractivity contribution in [2.45, 2.75) is 32.8 Å². The standard InChI is InChI=1S/C26H23FN6O2/c1-26(2,3)18-12-17-14-30-33(25(35)23(17)20(27)13-18)24-19(15-34)22(6-10-29-24)32-11-7-21(31-32)16-4-8-28-9-5-16/h4-14,34H,15H2,1-3H3. The number of aliphatic hydroxyl groups is 1. The van der Waals surface area contributed by atoms with E-state index in [9.17, 15) is 9.90 Å². The summed E-state index contributed by atoms with van der Waals surface area (Å²) in [6, 6.07) is 10.4. The molecule has 0 spiro atoms. The molecule has 0 unspecified atom stereocenters. The summed E-state index contributed by atoms with van der Waals surface area (Å²) < 4.78 is 17.7. The van der Waals surface area contributed by atoms with Gasteiger partial charge in [0.05, 0.1) is 29.6 Å². The van der Waals surface area contributed by atoms with Crippen LogP contribution in [0.15, 0.2) is 72.2 Å². The minimum Gasteiger partial charge on any atom is -0.391 e. The molecule has 4 heterocycles. The molecular formula is C26H23FN6O2. The normalized spacial score (nSPS) is 11.8. The van der Waals surface area contributed by atoms with Crippen molar-refractivity contribution in [2.24, 2.45) is 0 Å². The summed E-state index contributed by atoms with van der Waals surface area (Å²) in [7, 11) is 0. The lowest BCUT2D eigenvalue weighted by Gasteiger charge is -2.20. The van der Waals surface area contributed by atoms with Crippen LogP contribution in [-0.2, 0) is 12.0 Å². The summed E-state index contributed by atoms with van der Waals surface area (Å²) in [5.74, 6) is -0.512. The van der Waals surface area contributed by atoms with Crippen LogP contribution in [0.1, 0.15) is 31.9 Å². The van der Waals surface area contributed by atoms with Gasteiger partial charge in [0, 0.05) is 41.3 Å². The predicted octanol–water partition coefficient (Wildman–Crippen LogP) is 3.96. The van der Waals surface area contributed by atoms with Crippen molar-refractivity contribution in [2.75, 3.05) is 0 Å². The van der Waals surface area contributed by atoms with Crippen molar-refractivity contribution in [1.29, 1.82) is 0 Å². The number of nitrogens with zero attached hydrogens (tertiary/aromatic N) is 6. The Morgan fingerprint density at radius 3 is 2.54 bits per heavy atom. The molecule has 0 aliphatic rings. The maximum atomic E-state index is 15.1. The lowest BCUT2D eigenvalue weighted by molar-refractivity contribution is 0.280. The predicted molar refractivity (Wildman–Crippen MR) is 130 cm³/mol. The number of hydrogen-bond acceptors (Lipinski definition) is 6. The van der Waals surface area contributed by atoms with Crippen molar-refractivity contribution >= 4 is 10.8 Å². The highest BCUT2D eigenvalue weighted by molar-refractivity contribution is 5.82. The largest absolute Gasteiger partial charge is 0.391 e. The van der Waals surface area contributed by atoms with Crippen LogP contribution in [0.4, 0.5) is 4.39 Å². The highest BCUT2D eigenvalue weighted by Crippen LogP contribution is 2.27. The van der Waals surface area contributed by atoms with Gasteiger partial charge < -0.3 is 5.11 Å². The Morgan fingerprint density at radius 2 is 1.83 bits per heavy atom. The molecule has 0 aliphatic carbocycles. The zero-order valence-corrected chi connectivity index (χ0v) is 19.5. The molecule has 0 atom stereocenters. The van der Waals surface area contributed by atoms with Crippen LogP contribution in [0.5, 0.6) is 0 Å². The number of pyridine rings is 2. The lowest BCUT2D eigenvalue weighted by Crippen LogP contribution is -2.25. The van der Waals surface area contributed by atoms with Gasteiger partial charge >= 0.3 is 0 Å². The van der Waals surface area contributed by atoms with Crippen LogP contribution in [0.2, 0.25) is 0 Å². The average molecular weight is 471 g/mol. The summed E-state index contributed by atoms with van der Waals surface area (Å²) in [5.41, 5.74) is 2.28. The smallest absolute Gasteiger partial charge is 0.283 e. The van der Waals surface area contributed by atoms with E-state index in [1.54, 1.807) is 35.4 Å². The summed E-state index contributed by atoms with van der Waals surface area (Å²) in [5, 5.41) is 19.4. The first kappa shape index (κ1) is 22.5. The Balaban J connectivity index is 1.65. The molecule has 4 aromatic heterocycles. The van der Waals surface area contributed by atoms with E-state index in [2.05, 4.69) is 20.2 Å². The van der Waals surface area contributed by atoms with Gasteiger partial charge in [-0.2, -0.15) is 14.9 Å². The minimum absolute atomic E-state index is 0.0804. The van der Waals surface area contributed by atoms with Gasteiger partial charge in [-0.15, -0.1) is 0 Å². The van der Waals surface area contributed by atoms with Crippen LogP contribution in [0.25, 0.3) is 33.5 Å². The number of aromatic nitrogens is 6. The van der Waals surface area contributed by atoms with Crippen LogP contribution >= 0.6 is 0 Å². The van der Waals surface area contributed by atoms with Crippen molar-refractivity contribution in [3.63, 3.8) is 0 Å². The molecule has 8 nitrogen and oxygen atoms in total. The van der Waals surface area contributed by atoms with Crippen molar-refractivity contribution in [1.82, 2.24) is 29.5 Å². The van der Waals surface area contributed by atoms with E-state index >= 15 is 4.39 Å². The lowest BCUT2D eigenvalue weighted by atomic mass is 9.86. The van der Waals surface area contributed by atoms with Crippen molar-refractivity contribution in [3.05, 3.63) is 94.7 Å². The molecule has 0 aliphatic heterocycles. The Labute approximate surface area is 200 Å². The van der Waals surface area contributed by atoms with E-state index in [0.29, 0.717) is 22.3 Å². The van der Waals surface area contributed by atoms with Gasteiger partial charge in [0.1, 0.15) is 5.82 Å². The first-order valence-electron chi connectivity index (χ1n) is 11.1. The van der Waals surface area contributed by atoms with E-state index in [-0.39, 0.29) is 16.6 Å². The van der Waals surface area contributed by atoms with Crippen LogP contribution < -0.4 is 5.56 Å². The van der Waals surface area contributed by atoms with Crippen LogP contribution in [0.3, 0.4) is 0 Å². The molecule has 0 bridgehead atoms. The fourth-order valence-corrected chi connectivity index (χ4v) is 3.97. The molecular weight excluding hydrogens is 447 g/mol. The third-order valence-electron chi connectivity index (χ3n) is 5.88. The first-order valence-corrected chi connectivity index (χ1v) is 11.1. The SMILES string of the molecule is CC(C)(C)c1cc(F)c2c(=O)n(-c3nccc(-n4ccc(-c5ccncc5)n4)c3CO)ncc2c1. The fraction of sp³-hybridized carbons (Fsp3) is 0.192. The molecule has 0 saturated carbocycles. The third-order valence-corrected chi connectivity index (χ3v) is 5.88. The topological polar surface area (TPSA) is 98.7 Å². The molecule has 9 heteroatoms. The zero-order chi connectivity index (χ0) is 24.7. The number of fused-ring (bicyclic) bond motifs is 1. The Morgan fingerprint density at radius 1 is 1.06 bits per heavy atom. The van der Waals surface area contributed by atoms with Crippen molar-refractivity contribution in [3.8, 4) is 22.8 Å². The molecule has 35 heavy (non-hydrogen) atoms. The second-order valence-electron chi connectivity index (χ2n) is 9.21. The first-order chi connectivity index (χ1) is 16.8. The summed E-state index contributed by atoms with van der Waals surface area (Å²) >= 11 is 0. The summed E-state index contributed by atoms with van der Waals surface area (Å²) in [4.78, 5) is 21.6. The molecule has 1 aromatic carbocycles. The average Bonchev–Trinajstić information content (AvgIpc) is 3.34. The van der Waals surface area contributed by atoms with E-state index in [1.165, 1.54) is 18.5 Å². The van der Waals surface area contributed by atoms with Crippen LogP contribution in [-0.4, -0.2) is 34.6 Å². The van der Waals surface area contributed by atoms with E-state index in [0.717, 1.165) is 15.8 Å². The highest BCUT2D eigenvalue weighted by atomic mass is 19.1. The summed E-state index contributed by atoms with van der Waals surface area (Å²) in [6.45, 7) is 5.49. The minimum atomic E-state index is -0.655. The van der Waals surface area contributed by atoms with E-state index < -0.39 is 18.0 Å². The number of rotatable bonds is 4. The second kappa shape index (κ2) is 8.52. The van der Waals surface area contributed by atoms with Gasteiger partial charge in [-0.1, -0.05) is 20.8 Å². The van der Waals surface area contributed by atoms with Crippen molar-refractivity contribution < 1.29 is 9.50 Å². The maximum absolute atomic E-state index is 15.1. The van der Waals surface area contributed by atoms with Gasteiger partial charge in [-0.05, 0) is 47.4 Å². The molecule has 5 aromatic rings. The Bertz CT molecular complexity index is 1600. The molecule has 0 radical (unpaired) electrons. The van der Waals surface area contributed by atoms with E-state index in [1.807, 2.05) is 39.0 Å². The second-order valence-corrected chi connectivity index (χ2v) is 9.21. The van der Waals surface area contributed by atoms with Gasteiger partial charge in [0.15, 0.2) is 5.82 Å². The molecule has 0 fully saturated rings. The maximum Gasteiger partial charge on any atom is 0.283 e. The third kappa shape index (κ3) is 4.00.